The quantitative estimate of drug-likeness (QED) is 0.522. The molecule has 0 rings (SSSR count). The fraction of sp³-hybridized carbons (Fsp3) is 0.500. The zero-order chi connectivity index (χ0) is 11.9. The molecule has 0 saturated heterocycles. The van der Waals surface area contributed by atoms with Gasteiger partial charge in [-0.25, -0.2) is 39.7 Å². The van der Waals surface area contributed by atoms with Crippen molar-refractivity contribution in [3.63, 3.8) is 0 Å². The Balaban J connectivity index is 0. The number of rotatable bonds is 3. The molecule has 0 bridgehead atoms. The van der Waals surface area contributed by atoms with Gasteiger partial charge in [0.15, 0.2) is 12.2 Å². The van der Waals surface area contributed by atoms with Gasteiger partial charge in [-0.1, -0.05) is 0 Å². The molecule has 2 atom stereocenters. The molecule has 0 aromatic rings. The minimum absolute atomic E-state index is 1.72. The van der Waals surface area contributed by atoms with Crippen LogP contribution in [-0.2, 0) is 9.59 Å². The van der Waals surface area contributed by atoms with Crippen molar-refractivity contribution < 1.29 is 30.0 Å². The lowest BCUT2D eigenvalue weighted by Crippen LogP contribution is -2.39. The summed E-state index contributed by atoms with van der Waals surface area (Å²) in [7, 11) is 14.8. The summed E-state index contributed by atoms with van der Waals surface area (Å²) in [6.45, 7) is 0. The van der Waals surface area contributed by atoms with Crippen LogP contribution >= 0.6 is 30.1 Å². The van der Waals surface area contributed by atoms with Crippen molar-refractivity contribution in [1.82, 2.24) is 0 Å². The third kappa shape index (κ3) is 10.3. The highest BCUT2D eigenvalue weighted by atomic mass is 35.8. The minimum atomic E-state index is -2.27. The minimum Gasteiger partial charge on any atom is -0.479 e. The summed E-state index contributed by atoms with van der Waals surface area (Å²) in [5.41, 5.74) is 0. The summed E-state index contributed by atoms with van der Waals surface area (Å²) in [6.07, 6.45) is -4.53. The van der Waals surface area contributed by atoms with Crippen LogP contribution < -0.4 is 0 Å². The van der Waals surface area contributed by atoms with E-state index in [0.29, 0.717) is 0 Å². The predicted octanol–water partition coefficient (Wildman–Crippen LogP) is -0.435. The predicted molar refractivity (Wildman–Crippen MR) is 50.6 cm³/mol. The SMILES string of the molecule is O=C(O)C(O)C(O)C(=O)O.[Cl][Al]([Cl])[Cl]. The van der Waals surface area contributed by atoms with Crippen LogP contribution in [0.15, 0.2) is 0 Å². The first-order valence-corrected chi connectivity index (χ1v) is 8.17. The van der Waals surface area contributed by atoms with Crippen LogP contribution in [0.3, 0.4) is 0 Å². The molecule has 0 spiro atoms. The van der Waals surface area contributed by atoms with Crippen molar-refractivity contribution in [2.45, 2.75) is 12.2 Å². The highest BCUT2D eigenvalue weighted by Gasteiger charge is 2.29. The van der Waals surface area contributed by atoms with Crippen molar-refractivity contribution >= 4 is 53.5 Å². The van der Waals surface area contributed by atoms with Crippen LogP contribution in [0.1, 0.15) is 0 Å². The van der Waals surface area contributed by atoms with E-state index in [4.69, 9.17) is 50.6 Å². The number of hydrogen-bond acceptors (Lipinski definition) is 4. The van der Waals surface area contributed by atoms with E-state index in [1.807, 2.05) is 0 Å². The topological polar surface area (TPSA) is 115 Å². The molecule has 6 nitrogen and oxygen atoms in total. The summed E-state index contributed by atoms with van der Waals surface area (Å²) < 4.78 is 0. The molecule has 0 aliphatic rings. The molecule has 4 N–H and O–H groups in total. The van der Waals surface area contributed by atoms with Gasteiger partial charge in [0.05, 0.1) is 0 Å². The number of carboxylic acids is 2. The first-order chi connectivity index (χ1) is 6.20. The molecule has 0 fully saturated rings. The Bertz CT molecular complexity index is 179. The molecule has 82 valence electrons. The number of halogens is 3. The number of carboxylic acid groups (broad SMARTS) is 2. The van der Waals surface area contributed by atoms with Crippen LogP contribution in [0.25, 0.3) is 0 Å². The maximum atomic E-state index is 9.77. The Morgan fingerprint density at radius 2 is 1.07 bits per heavy atom. The van der Waals surface area contributed by atoms with Gasteiger partial charge in [-0.15, -0.1) is 0 Å². The van der Waals surface area contributed by atoms with Crippen LogP contribution in [-0.4, -0.2) is 56.0 Å². The van der Waals surface area contributed by atoms with Gasteiger partial charge < -0.3 is 20.4 Å². The van der Waals surface area contributed by atoms with Crippen molar-refractivity contribution in [2.75, 3.05) is 0 Å². The van der Waals surface area contributed by atoms with E-state index in [9.17, 15) is 9.59 Å². The largest absolute Gasteiger partial charge is 0.643 e. The van der Waals surface area contributed by atoms with Crippen LogP contribution in [0.5, 0.6) is 0 Å². The van der Waals surface area contributed by atoms with Crippen LogP contribution in [0, 0.1) is 0 Å². The van der Waals surface area contributed by atoms with Gasteiger partial charge in [-0.05, 0) is 0 Å². The monoisotopic (exact) mass is 282 g/mol. The Hall–Kier alpha value is 0.262. The van der Waals surface area contributed by atoms with E-state index in [-0.39, 0.29) is 0 Å². The van der Waals surface area contributed by atoms with E-state index in [2.05, 4.69) is 0 Å². The Labute approximate surface area is 95.6 Å². The molecule has 0 saturated carbocycles. The molecule has 0 aliphatic carbocycles. The molecule has 2 unspecified atom stereocenters. The second kappa shape index (κ2) is 8.56. The molecule has 0 aliphatic heterocycles. The Kier molecular flexibility index (Phi) is 10.2. The van der Waals surface area contributed by atoms with Crippen molar-refractivity contribution in [3.05, 3.63) is 0 Å². The molecular formula is C4H6AlCl3O6. The van der Waals surface area contributed by atoms with Crippen molar-refractivity contribution in [1.29, 1.82) is 0 Å². The molecule has 10 heteroatoms. The van der Waals surface area contributed by atoms with E-state index in [0.717, 1.165) is 0 Å². The first kappa shape index (κ1) is 16.7. The number of carbonyl (C=O) groups is 2. The second-order valence-corrected chi connectivity index (χ2v) is 8.25. The van der Waals surface area contributed by atoms with Gasteiger partial charge >= 0.3 is 23.3 Å². The molecule has 0 heterocycles. The standard InChI is InChI=1S/C4H6O6.Al.3ClH/c5-1(3(7)8)2(6)4(9)10;;;;/h1-2,5-6H,(H,7,8)(H,9,10);;3*1H/q;+3;;;/p-3. The number of hydrogen-bond donors (Lipinski definition) is 4. The maximum Gasteiger partial charge on any atom is 0.643 e. The molecule has 14 heavy (non-hydrogen) atoms. The molecule has 0 amide bonds. The van der Waals surface area contributed by atoms with E-state index in [1.165, 1.54) is 0 Å². The van der Waals surface area contributed by atoms with Gasteiger partial charge in [0.25, 0.3) is 0 Å². The smallest absolute Gasteiger partial charge is 0.479 e. The molecular weight excluding hydrogens is 277 g/mol. The lowest BCUT2D eigenvalue weighted by atomic mass is 10.2. The summed E-state index contributed by atoms with van der Waals surface area (Å²) in [5, 5.41) is 32.5. The fourth-order valence-corrected chi connectivity index (χ4v) is 0.270. The number of aliphatic hydroxyl groups is 2. The van der Waals surface area contributed by atoms with Gasteiger partial charge in [0.2, 0.25) is 0 Å². The van der Waals surface area contributed by atoms with Crippen molar-refractivity contribution in [3.8, 4) is 0 Å². The average molecular weight is 283 g/mol. The highest BCUT2D eigenvalue weighted by molar-refractivity contribution is 7.54. The second-order valence-electron chi connectivity index (χ2n) is 1.81. The average Bonchev–Trinajstić information content (AvgIpc) is 2.00. The van der Waals surface area contributed by atoms with E-state index in [1.54, 1.807) is 0 Å². The van der Waals surface area contributed by atoms with Gasteiger partial charge in [-0.3, -0.25) is 0 Å². The fourth-order valence-electron chi connectivity index (χ4n) is 0.270. The maximum absolute atomic E-state index is 9.77. The molecule has 0 radical (unpaired) electrons. The summed E-state index contributed by atoms with van der Waals surface area (Å²) in [6, 6.07) is 0. The lowest BCUT2D eigenvalue weighted by Gasteiger charge is -2.07. The Morgan fingerprint density at radius 3 is 1.14 bits per heavy atom. The zero-order valence-corrected chi connectivity index (χ0v) is 9.89. The third-order valence-electron chi connectivity index (χ3n) is 0.805. The summed E-state index contributed by atoms with van der Waals surface area (Å²) in [5.74, 6) is -3.54. The van der Waals surface area contributed by atoms with Gasteiger partial charge in [-0.2, -0.15) is 0 Å². The summed E-state index contributed by atoms with van der Waals surface area (Å²) >= 11 is -1.72. The normalized spacial score (nSPS) is 13.2. The third-order valence-corrected chi connectivity index (χ3v) is 0.805. The van der Waals surface area contributed by atoms with E-state index >= 15 is 0 Å². The first-order valence-electron chi connectivity index (χ1n) is 2.94. The van der Waals surface area contributed by atoms with Gasteiger partial charge in [0, 0.05) is 0 Å². The van der Waals surface area contributed by atoms with Gasteiger partial charge in [0.1, 0.15) is 0 Å². The van der Waals surface area contributed by atoms with Crippen molar-refractivity contribution in [2.24, 2.45) is 0 Å². The Morgan fingerprint density at radius 1 is 0.929 bits per heavy atom. The summed E-state index contributed by atoms with van der Waals surface area (Å²) in [4.78, 5) is 19.5. The van der Waals surface area contributed by atoms with Crippen LogP contribution in [0.2, 0.25) is 0 Å². The van der Waals surface area contributed by atoms with Crippen LogP contribution in [0.4, 0.5) is 0 Å². The number of aliphatic hydroxyl groups excluding tert-OH is 2. The zero-order valence-electron chi connectivity index (χ0n) is 6.47. The molecule has 0 aromatic heterocycles. The lowest BCUT2D eigenvalue weighted by molar-refractivity contribution is -0.165. The van der Waals surface area contributed by atoms with E-state index < -0.39 is 35.5 Å². The number of aliphatic carboxylic acids is 2. The molecule has 0 aromatic carbocycles. The highest BCUT2D eigenvalue weighted by Crippen LogP contribution is 1.97.